The Morgan fingerprint density at radius 1 is 1.12 bits per heavy atom. The van der Waals surface area contributed by atoms with Crippen LogP contribution in [0.5, 0.6) is 0 Å². The molecule has 0 spiro atoms. The molecule has 0 bridgehead atoms. The van der Waals surface area contributed by atoms with Crippen molar-refractivity contribution in [2.45, 2.75) is 6.92 Å². The van der Waals surface area contributed by atoms with Crippen LogP contribution < -0.4 is 10.6 Å². The summed E-state index contributed by atoms with van der Waals surface area (Å²) in [6.45, 7) is 3.60. The summed E-state index contributed by atoms with van der Waals surface area (Å²) in [7, 11) is 4.04. The average molecular weight is 358 g/mol. The number of aromatic nitrogens is 4. The molecule has 3 aromatic rings. The van der Waals surface area contributed by atoms with Gasteiger partial charge in [0, 0.05) is 36.2 Å². The second kappa shape index (κ2) is 7.58. The monoisotopic (exact) mass is 357 g/mol. The molecule has 130 valence electrons. The van der Waals surface area contributed by atoms with Crippen molar-refractivity contribution in [3.8, 4) is 0 Å². The number of benzene rings is 1. The molecule has 0 fully saturated rings. The van der Waals surface area contributed by atoms with Gasteiger partial charge in [0.15, 0.2) is 17.0 Å². The van der Waals surface area contributed by atoms with Crippen LogP contribution in [0.25, 0.3) is 11.2 Å². The molecular formula is C17H20ClN7. The van der Waals surface area contributed by atoms with Crippen LogP contribution in [0.2, 0.25) is 5.02 Å². The number of rotatable bonds is 6. The highest BCUT2D eigenvalue weighted by Gasteiger charge is 2.11. The zero-order chi connectivity index (χ0) is 17.8. The van der Waals surface area contributed by atoms with Gasteiger partial charge in [-0.1, -0.05) is 11.6 Å². The van der Waals surface area contributed by atoms with Crippen molar-refractivity contribution in [3.05, 3.63) is 41.2 Å². The van der Waals surface area contributed by atoms with Gasteiger partial charge in [0.25, 0.3) is 0 Å². The molecule has 25 heavy (non-hydrogen) atoms. The Bertz CT molecular complexity index is 882. The van der Waals surface area contributed by atoms with Crippen molar-refractivity contribution in [1.29, 1.82) is 0 Å². The maximum atomic E-state index is 6.03. The molecule has 0 aliphatic carbocycles. The lowest BCUT2D eigenvalue weighted by molar-refractivity contribution is 0.425. The summed E-state index contributed by atoms with van der Waals surface area (Å²) in [5, 5.41) is 7.24. The molecule has 0 aliphatic rings. The van der Waals surface area contributed by atoms with Crippen LogP contribution in [-0.2, 0) is 0 Å². The van der Waals surface area contributed by atoms with E-state index in [1.54, 1.807) is 12.4 Å². The van der Waals surface area contributed by atoms with Crippen LogP contribution in [0.15, 0.2) is 30.6 Å². The van der Waals surface area contributed by atoms with Gasteiger partial charge in [0.2, 0.25) is 5.95 Å². The first-order chi connectivity index (χ1) is 12.0. The first-order valence-corrected chi connectivity index (χ1v) is 8.31. The van der Waals surface area contributed by atoms with Gasteiger partial charge < -0.3 is 15.5 Å². The van der Waals surface area contributed by atoms with Crippen molar-refractivity contribution in [1.82, 2.24) is 24.8 Å². The summed E-state index contributed by atoms with van der Waals surface area (Å²) < 4.78 is 0. The smallest absolute Gasteiger partial charge is 0.226 e. The van der Waals surface area contributed by atoms with Crippen molar-refractivity contribution in [3.63, 3.8) is 0 Å². The SMILES string of the molecule is Cc1cc(Cl)ccc1Nc1nc(NCCN(C)C)nc2nccnc12. The third kappa shape index (κ3) is 4.32. The molecule has 0 aliphatic heterocycles. The normalized spacial score (nSPS) is 11.1. The minimum absolute atomic E-state index is 0.518. The molecule has 2 N–H and O–H groups in total. The van der Waals surface area contributed by atoms with E-state index in [1.165, 1.54) is 0 Å². The third-order valence-corrected chi connectivity index (χ3v) is 3.85. The van der Waals surface area contributed by atoms with E-state index in [4.69, 9.17) is 11.6 Å². The highest BCUT2D eigenvalue weighted by Crippen LogP contribution is 2.26. The molecule has 7 nitrogen and oxygen atoms in total. The molecule has 0 atom stereocenters. The number of likely N-dealkylation sites (N-methyl/N-ethyl adjacent to an activating group) is 1. The Morgan fingerprint density at radius 3 is 2.68 bits per heavy atom. The van der Waals surface area contributed by atoms with E-state index in [-0.39, 0.29) is 0 Å². The first kappa shape index (κ1) is 17.3. The number of hydrogen-bond donors (Lipinski definition) is 2. The zero-order valence-corrected chi connectivity index (χ0v) is 15.2. The number of hydrogen-bond acceptors (Lipinski definition) is 7. The van der Waals surface area contributed by atoms with Crippen molar-refractivity contribution < 1.29 is 0 Å². The third-order valence-electron chi connectivity index (χ3n) is 3.62. The van der Waals surface area contributed by atoms with Gasteiger partial charge in [-0.05, 0) is 44.8 Å². The molecule has 3 rings (SSSR count). The fourth-order valence-electron chi connectivity index (χ4n) is 2.32. The minimum Gasteiger partial charge on any atom is -0.353 e. The van der Waals surface area contributed by atoms with Gasteiger partial charge in [-0.25, -0.2) is 9.97 Å². The lowest BCUT2D eigenvalue weighted by atomic mass is 10.2. The quantitative estimate of drug-likeness (QED) is 0.701. The molecule has 0 amide bonds. The second-order valence-electron chi connectivity index (χ2n) is 5.94. The van der Waals surface area contributed by atoms with Gasteiger partial charge in [-0.3, -0.25) is 0 Å². The maximum Gasteiger partial charge on any atom is 0.226 e. The number of nitrogens with one attached hydrogen (secondary N) is 2. The molecule has 0 saturated heterocycles. The van der Waals surface area contributed by atoms with Gasteiger partial charge in [0.05, 0.1) is 0 Å². The summed E-state index contributed by atoms with van der Waals surface area (Å²) in [5.74, 6) is 1.12. The van der Waals surface area contributed by atoms with Gasteiger partial charge in [0.1, 0.15) is 0 Å². The van der Waals surface area contributed by atoms with Gasteiger partial charge in [-0.15, -0.1) is 0 Å². The van der Waals surface area contributed by atoms with E-state index in [2.05, 4.69) is 35.5 Å². The van der Waals surface area contributed by atoms with E-state index < -0.39 is 0 Å². The second-order valence-corrected chi connectivity index (χ2v) is 6.38. The van der Waals surface area contributed by atoms with Gasteiger partial charge in [-0.2, -0.15) is 9.97 Å². The summed E-state index contributed by atoms with van der Waals surface area (Å²) in [6, 6.07) is 5.65. The van der Waals surface area contributed by atoms with Crippen LogP contribution in [0.1, 0.15) is 5.56 Å². The van der Waals surface area contributed by atoms with Crippen molar-refractivity contribution in [2.24, 2.45) is 0 Å². The molecule has 0 radical (unpaired) electrons. The maximum absolute atomic E-state index is 6.03. The lowest BCUT2D eigenvalue weighted by Gasteiger charge is -2.13. The van der Waals surface area contributed by atoms with E-state index in [0.717, 1.165) is 24.3 Å². The number of halogens is 1. The van der Waals surface area contributed by atoms with E-state index >= 15 is 0 Å². The average Bonchev–Trinajstić information content (AvgIpc) is 2.57. The Hall–Kier alpha value is -2.51. The number of aryl methyl sites for hydroxylation is 1. The zero-order valence-electron chi connectivity index (χ0n) is 14.4. The van der Waals surface area contributed by atoms with E-state index in [9.17, 15) is 0 Å². The first-order valence-electron chi connectivity index (χ1n) is 7.93. The van der Waals surface area contributed by atoms with E-state index in [1.807, 2.05) is 39.2 Å². The van der Waals surface area contributed by atoms with Gasteiger partial charge >= 0.3 is 0 Å². The Kier molecular flexibility index (Phi) is 5.25. The fourth-order valence-corrected chi connectivity index (χ4v) is 2.54. The molecule has 2 aromatic heterocycles. The van der Waals surface area contributed by atoms with Crippen LogP contribution in [0.3, 0.4) is 0 Å². The predicted octanol–water partition coefficient (Wildman–Crippen LogP) is 3.10. The number of anilines is 3. The Morgan fingerprint density at radius 2 is 1.92 bits per heavy atom. The highest BCUT2D eigenvalue weighted by molar-refractivity contribution is 6.30. The van der Waals surface area contributed by atoms with Crippen LogP contribution in [0, 0.1) is 6.92 Å². The van der Waals surface area contributed by atoms with Crippen molar-refractivity contribution >= 4 is 40.2 Å². The summed E-state index contributed by atoms with van der Waals surface area (Å²) in [4.78, 5) is 19.8. The summed E-state index contributed by atoms with van der Waals surface area (Å²) >= 11 is 6.03. The minimum atomic E-state index is 0.518. The standard InChI is InChI=1S/C17H20ClN7/c1-11-10-12(18)4-5-13(11)22-16-14-15(20-7-6-19-14)23-17(24-16)21-8-9-25(2)3/h4-7,10H,8-9H2,1-3H3,(H2,20,21,22,23,24). The molecule has 2 heterocycles. The lowest BCUT2D eigenvalue weighted by Crippen LogP contribution is -2.21. The molecular weight excluding hydrogens is 338 g/mol. The highest BCUT2D eigenvalue weighted by atomic mass is 35.5. The summed E-state index contributed by atoms with van der Waals surface area (Å²) in [5.41, 5.74) is 3.09. The fraction of sp³-hybridized carbons (Fsp3) is 0.294. The molecule has 0 unspecified atom stereocenters. The Balaban J connectivity index is 1.94. The van der Waals surface area contributed by atoms with Crippen molar-refractivity contribution in [2.75, 3.05) is 37.8 Å². The molecule has 0 saturated carbocycles. The number of nitrogens with zero attached hydrogens (tertiary/aromatic N) is 5. The Labute approximate surface area is 151 Å². The topological polar surface area (TPSA) is 78.9 Å². The van der Waals surface area contributed by atoms with Crippen LogP contribution in [-0.4, -0.2) is 52.0 Å². The molecule has 8 heteroatoms. The summed E-state index contributed by atoms with van der Waals surface area (Å²) in [6.07, 6.45) is 3.25. The predicted molar refractivity (Wildman–Crippen MR) is 102 cm³/mol. The largest absolute Gasteiger partial charge is 0.353 e. The molecule has 1 aromatic carbocycles. The van der Waals surface area contributed by atoms with E-state index in [0.29, 0.717) is 28.0 Å². The van der Waals surface area contributed by atoms with Crippen LogP contribution in [0.4, 0.5) is 17.5 Å². The van der Waals surface area contributed by atoms with Crippen LogP contribution >= 0.6 is 11.6 Å². The number of fused-ring (bicyclic) bond motifs is 1.